The molecule has 0 radical (unpaired) electrons. The highest BCUT2D eigenvalue weighted by Crippen LogP contribution is 2.28. The van der Waals surface area contributed by atoms with Crippen molar-refractivity contribution in [3.63, 3.8) is 0 Å². The van der Waals surface area contributed by atoms with Crippen molar-refractivity contribution in [2.45, 2.75) is 26.0 Å². The lowest BCUT2D eigenvalue weighted by Crippen LogP contribution is -2.52. The van der Waals surface area contributed by atoms with E-state index in [9.17, 15) is 9.59 Å². The number of hydrogen-bond donors (Lipinski definition) is 2. The molecular formula is C16H22ClN3O3. The second-order valence-corrected chi connectivity index (χ2v) is 5.81. The SMILES string of the molecule is CCNC(=O)NC(=O)[C@H](C)N1CCO[C@@H](c2ccccc2Cl)C1. The summed E-state index contributed by atoms with van der Waals surface area (Å²) in [7, 11) is 0. The van der Waals surface area contributed by atoms with Gasteiger partial charge in [0.15, 0.2) is 0 Å². The molecule has 0 spiro atoms. The molecule has 2 N–H and O–H groups in total. The van der Waals surface area contributed by atoms with E-state index in [0.717, 1.165) is 5.56 Å². The molecule has 2 atom stereocenters. The molecule has 1 aliphatic heterocycles. The molecule has 3 amide bonds. The lowest BCUT2D eigenvalue weighted by atomic mass is 10.1. The van der Waals surface area contributed by atoms with Crippen LogP contribution in [0.2, 0.25) is 5.02 Å². The fourth-order valence-corrected chi connectivity index (χ4v) is 2.79. The lowest BCUT2D eigenvalue weighted by Gasteiger charge is -2.36. The molecule has 1 aliphatic rings. The molecule has 0 saturated carbocycles. The monoisotopic (exact) mass is 339 g/mol. The van der Waals surface area contributed by atoms with Crippen LogP contribution in [0.1, 0.15) is 25.5 Å². The Morgan fingerprint density at radius 1 is 1.43 bits per heavy atom. The van der Waals surface area contributed by atoms with Gasteiger partial charge in [-0.2, -0.15) is 0 Å². The number of nitrogens with one attached hydrogen (secondary N) is 2. The molecule has 1 aromatic carbocycles. The third-order valence-corrected chi connectivity index (χ3v) is 4.20. The second-order valence-electron chi connectivity index (χ2n) is 5.40. The van der Waals surface area contributed by atoms with Crippen molar-refractivity contribution in [1.29, 1.82) is 0 Å². The van der Waals surface area contributed by atoms with Gasteiger partial charge in [0.25, 0.3) is 0 Å². The summed E-state index contributed by atoms with van der Waals surface area (Å²) in [5, 5.41) is 5.54. The number of hydrogen-bond acceptors (Lipinski definition) is 4. The molecule has 6 nitrogen and oxygen atoms in total. The zero-order valence-corrected chi connectivity index (χ0v) is 14.1. The van der Waals surface area contributed by atoms with Crippen molar-refractivity contribution in [3.8, 4) is 0 Å². The number of benzene rings is 1. The van der Waals surface area contributed by atoms with Crippen molar-refractivity contribution in [2.24, 2.45) is 0 Å². The maximum atomic E-state index is 12.2. The lowest BCUT2D eigenvalue weighted by molar-refractivity contribution is -0.128. The van der Waals surface area contributed by atoms with Gasteiger partial charge in [0.1, 0.15) is 0 Å². The molecule has 2 rings (SSSR count). The second kappa shape index (κ2) is 8.29. The standard InChI is InChI=1S/C16H22ClN3O3/c1-3-18-16(22)19-15(21)11(2)20-8-9-23-14(10-20)12-6-4-5-7-13(12)17/h4-7,11,14H,3,8-10H2,1-2H3,(H2,18,19,21,22)/t11-,14+/m0/s1. The largest absolute Gasteiger partial charge is 0.371 e. The van der Waals surface area contributed by atoms with E-state index in [1.807, 2.05) is 29.2 Å². The van der Waals surface area contributed by atoms with Gasteiger partial charge in [0.05, 0.1) is 18.8 Å². The number of halogens is 1. The normalized spacial score (nSPS) is 19.9. The molecule has 0 unspecified atom stereocenters. The Morgan fingerprint density at radius 2 is 2.17 bits per heavy atom. The first kappa shape index (κ1) is 17.7. The van der Waals surface area contributed by atoms with Gasteiger partial charge in [-0.3, -0.25) is 15.0 Å². The Balaban J connectivity index is 1.99. The molecule has 1 aromatic rings. The van der Waals surface area contributed by atoms with Crippen LogP contribution in [-0.4, -0.2) is 49.1 Å². The minimum atomic E-state index is -0.472. The summed E-state index contributed by atoms with van der Waals surface area (Å²) in [5.41, 5.74) is 0.912. The Hall–Kier alpha value is -1.63. The molecule has 0 bridgehead atoms. The molecule has 1 heterocycles. The maximum absolute atomic E-state index is 12.2. The van der Waals surface area contributed by atoms with E-state index in [1.54, 1.807) is 13.8 Å². The van der Waals surface area contributed by atoms with Crippen molar-refractivity contribution in [1.82, 2.24) is 15.5 Å². The Labute approximate surface area is 141 Å². The molecule has 1 fully saturated rings. The number of nitrogens with zero attached hydrogens (tertiary/aromatic N) is 1. The topological polar surface area (TPSA) is 70.7 Å². The summed E-state index contributed by atoms with van der Waals surface area (Å²) in [5.74, 6) is -0.323. The number of amides is 3. The van der Waals surface area contributed by atoms with E-state index in [1.165, 1.54) is 0 Å². The van der Waals surface area contributed by atoms with E-state index in [2.05, 4.69) is 10.6 Å². The molecular weight excluding hydrogens is 318 g/mol. The van der Waals surface area contributed by atoms with Gasteiger partial charge in [-0.25, -0.2) is 4.79 Å². The number of urea groups is 1. The molecule has 1 saturated heterocycles. The van der Waals surface area contributed by atoms with Crippen LogP contribution < -0.4 is 10.6 Å². The Bertz CT molecular complexity index is 567. The third-order valence-electron chi connectivity index (χ3n) is 3.85. The van der Waals surface area contributed by atoms with Gasteiger partial charge in [0.2, 0.25) is 5.91 Å². The smallest absolute Gasteiger partial charge is 0.321 e. The molecule has 0 aliphatic carbocycles. The first-order valence-electron chi connectivity index (χ1n) is 7.71. The number of ether oxygens (including phenoxy) is 1. The van der Waals surface area contributed by atoms with Gasteiger partial charge in [-0.05, 0) is 19.9 Å². The van der Waals surface area contributed by atoms with E-state index in [4.69, 9.17) is 16.3 Å². The third kappa shape index (κ3) is 4.67. The Kier molecular flexibility index (Phi) is 6.38. The minimum Gasteiger partial charge on any atom is -0.371 e. The number of morpholine rings is 1. The highest BCUT2D eigenvalue weighted by Gasteiger charge is 2.30. The predicted octanol–water partition coefficient (Wildman–Crippen LogP) is 1.95. The van der Waals surface area contributed by atoms with Gasteiger partial charge in [-0.1, -0.05) is 29.8 Å². The van der Waals surface area contributed by atoms with Crippen LogP contribution in [0.5, 0.6) is 0 Å². The van der Waals surface area contributed by atoms with Crippen LogP contribution in [0.25, 0.3) is 0 Å². The van der Waals surface area contributed by atoms with Crippen molar-refractivity contribution in [2.75, 3.05) is 26.2 Å². The highest BCUT2D eigenvalue weighted by atomic mass is 35.5. The van der Waals surface area contributed by atoms with Gasteiger partial charge in [0, 0.05) is 30.2 Å². The van der Waals surface area contributed by atoms with Crippen LogP contribution in [0.3, 0.4) is 0 Å². The molecule has 7 heteroatoms. The van der Waals surface area contributed by atoms with E-state index >= 15 is 0 Å². The highest BCUT2D eigenvalue weighted by molar-refractivity contribution is 6.31. The van der Waals surface area contributed by atoms with Crippen molar-refractivity contribution >= 4 is 23.5 Å². The van der Waals surface area contributed by atoms with Crippen LogP contribution in [0.15, 0.2) is 24.3 Å². The van der Waals surface area contributed by atoms with Crippen LogP contribution in [0, 0.1) is 0 Å². The van der Waals surface area contributed by atoms with Crippen LogP contribution in [0.4, 0.5) is 4.79 Å². The summed E-state index contributed by atoms with van der Waals surface area (Å²) in [6, 6.07) is 6.64. The fraction of sp³-hybridized carbons (Fsp3) is 0.500. The van der Waals surface area contributed by atoms with E-state index in [0.29, 0.717) is 31.3 Å². The number of imide groups is 1. The van der Waals surface area contributed by atoms with Crippen molar-refractivity contribution < 1.29 is 14.3 Å². The van der Waals surface area contributed by atoms with Gasteiger partial charge >= 0.3 is 6.03 Å². The summed E-state index contributed by atoms with van der Waals surface area (Å²) >= 11 is 6.22. The van der Waals surface area contributed by atoms with Crippen LogP contribution in [-0.2, 0) is 9.53 Å². The van der Waals surface area contributed by atoms with Crippen molar-refractivity contribution in [3.05, 3.63) is 34.9 Å². The zero-order chi connectivity index (χ0) is 16.8. The molecule has 126 valence electrons. The quantitative estimate of drug-likeness (QED) is 0.879. The molecule has 0 aromatic heterocycles. The number of carbonyl (C=O) groups excluding carboxylic acids is 2. The zero-order valence-electron chi connectivity index (χ0n) is 13.3. The van der Waals surface area contributed by atoms with E-state index in [-0.39, 0.29) is 12.0 Å². The predicted molar refractivity (Wildman–Crippen MR) is 88.4 cm³/mol. The Morgan fingerprint density at radius 3 is 2.87 bits per heavy atom. The summed E-state index contributed by atoms with van der Waals surface area (Å²) in [6.07, 6.45) is -0.183. The van der Waals surface area contributed by atoms with Gasteiger partial charge in [-0.15, -0.1) is 0 Å². The average molecular weight is 340 g/mol. The fourth-order valence-electron chi connectivity index (χ4n) is 2.53. The first-order chi connectivity index (χ1) is 11.0. The maximum Gasteiger partial charge on any atom is 0.321 e. The summed E-state index contributed by atoms with van der Waals surface area (Å²) in [6.45, 7) is 5.74. The first-order valence-corrected chi connectivity index (χ1v) is 8.09. The van der Waals surface area contributed by atoms with E-state index < -0.39 is 12.1 Å². The summed E-state index contributed by atoms with van der Waals surface area (Å²) in [4.78, 5) is 25.6. The minimum absolute atomic E-state index is 0.183. The van der Waals surface area contributed by atoms with Gasteiger partial charge < -0.3 is 10.1 Å². The summed E-state index contributed by atoms with van der Waals surface area (Å²) < 4.78 is 5.79. The average Bonchev–Trinajstić information content (AvgIpc) is 2.55. The number of rotatable bonds is 4. The van der Waals surface area contributed by atoms with Crippen LogP contribution >= 0.6 is 11.6 Å². The molecule has 23 heavy (non-hydrogen) atoms. The number of carbonyl (C=O) groups is 2.